The maximum atomic E-state index is 10.8. The van der Waals surface area contributed by atoms with Crippen LogP contribution in [0.3, 0.4) is 0 Å². The number of hydrogen-bond donors (Lipinski definition) is 1. The first-order chi connectivity index (χ1) is 11.5. The third kappa shape index (κ3) is 11.8. The monoisotopic (exact) mass is 402 g/mol. The third-order valence-corrected chi connectivity index (χ3v) is 6.19. The van der Waals surface area contributed by atoms with E-state index in [9.17, 15) is 25.9 Å². The smallest absolute Gasteiger partial charge is 0.101 e. The first-order valence-corrected chi connectivity index (χ1v) is 11.8. The fraction of sp³-hybridized carbons (Fsp3) is 1.00. The summed E-state index contributed by atoms with van der Waals surface area (Å²) in [5.41, 5.74) is 0. The minimum atomic E-state index is -4.25. The highest BCUT2D eigenvalue weighted by Gasteiger charge is 2.23. The molecule has 150 valence electrons. The number of morpholine rings is 1. The molecule has 1 aliphatic rings. The van der Waals surface area contributed by atoms with Crippen LogP contribution in [0, 0.1) is 0 Å². The van der Waals surface area contributed by atoms with Crippen molar-refractivity contribution >= 4 is 20.2 Å². The summed E-state index contributed by atoms with van der Waals surface area (Å²) in [6, 6.07) is 0. The largest absolute Gasteiger partial charge is 0.748 e. The third-order valence-electron chi connectivity index (χ3n) is 4.61. The van der Waals surface area contributed by atoms with E-state index in [1.807, 2.05) is 7.05 Å². The molecule has 0 unspecified atom stereocenters. The van der Waals surface area contributed by atoms with Gasteiger partial charge in [-0.2, -0.15) is 0 Å². The lowest BCUT2D eigenvalue weighted by atomic mass is 10.2. The molecule has 9 nitrogen and oxygen atoms in total. The average Bonchev–Trinajstić information content (AvgIpc) is 2.45. The van der Waals surface area contributed by atoms with Crippen molar-refractivity contribution in [1.82, 2.24) is 0 Å². The molecule has 1 heterocycles. The van der Waals surface area contributed by atoms with Crippen molar-refractivity contribution in [1.29, 1.82) is 0 Å². The van der Waals surface area contributed by atoms with Crippen molar-refractivity contribution in [3.8, 4) is 0 Å². The number of nitrogens with one attached hydrogen (secondary N) is 1. The van der Waals surface area contributed by atoms with Crippen LogP contribution in [-0.4, -0.2) is 101 Å². The molecule has 0 aromatic heterocycles. The Bertz CT molecular complexity index is 548. The Morgan fingerprint density at radius 3 is 1.76 bits per heavy atom. The molecule has 0 spiro atoms. The Labute approximate surface area is 151 Å². The summed E-state index contributed by atoms with van der Waals surface area (Å²) in [6.07, 6.45) is 1.37. The molecule has 0 aliphatic carbocycles. The summed E-state index contributed by atoms with van der Waals surface area (Å²) in [5, 5.41) is 0. The second kappa shape index (κ2) is 10.1. The van der Waals surface area contributed by atoms with Crippen molar-refractivity contribution in [3.63, 3.8) is 0 Å². The molecule has 11 heteroatoms. The number of nitrogens with zero attached hydrogens (tertiary/aromatic N) is 1. The van der Waals surface area contributed by atoms with Gasteiger partial charge in [0.05, 0.1) is 66.7 Å². The number of ether oxygens (including phenoxy) is 1. The number of rotatable bonds is 12. The van der Waals surface area contributed by atoms with Gasteiger partial charge in [0.15, 0.2) is 0 Å². The maximum absolute atomic E-state index is 10.8. The zero-order valence-corrected chi connectivity index (χ0v) is 16.4. The van der Waals surface area contributed by atoms with Crippen molar-refractivity contribution < 1.29 is 40.1 Å². The summed E-state index contributed by atoms with van der Waals surface area (Å²) < 4.78 is 70.5. The van der Waals surface area contributed by atoms with E-state index in [0.717, 1.165) is 45.8 Å². The van der Waals surface area contributed by atoms with Gasteiger partial charge in [0.25, 0.3) is 0 Å². The van der Waals surface area contributed by atoms with E-state index in [0.29, 0.717) is 17.6 Å². The molecule has 1 fully saturated rings. The zero-order chi connectivity index (χ0) is 19.0. The van der Waals surface area contributed by atoms with Crippen LogP contribution >= 0.6 is 0 Å². The van der Waals surface area contributed by atoms with E-state index in [1.54, 1.807) is 0 Å². The molecule has 0 radical (unpaired) electrons. The van der Waals surface area contributed by atoms with Crippen molar-refractivity contribution in [2.75, 3.05) is 71.0 Å². The SMILES string of the molecule is C[N+](CCC[NH+]1CCOCC1)(CCCS(=O)(=O)[O-])CCCS(=O)(=O)[O-]. The molecule has 1 saturated heterocycles. The van der Waals surface area contributed by atoms with E-state index in [1.165, 1.54) is 4.90 Å². The van der Waals surface area contributed by atoms with Crippen molar-refractivity contribution in [3.05, 3.63) is 0 Å². The van der Waals surface area contributed by atoms with Gasteiger partial charge in [0.1, 0.15) is 13.1 Å². The van der Waals surface area contributed by atoms with Gasteiger partial charge in [-0.05, 0) is 0 Å². The zero-order valence-electron chi connectivity index (χ0n) is 14.8. The van der Waals surface area contributed by atoms with Crippen LogP contribution in [0.2, 0.25) is 0 Å². The van der Waals surface area contributed by atoms with Crippen molar-refractivity contribution in [2.24, 2.45) is 0 Å². The quantitative estimate of drug-likeness (QED) is 0.285. The highest BCUT2D eigenvalue weighted by atomic mass is 32.2. The summed E-state index contributed by atoms with van der Waals surface area (Å²) in [7, 11) is -6.58. The van der Waals surface area contributed by atoms with E-state index in [4.69, 9.17) is 4.74 Å². The van der Waals surface area contributed by atoms with Gasteiger partial charge in [-0.1, -0.05) is 0 Å². The fourth-order valence-electron chi connectivity index (χ4n) is 3.20. The lowest BCUT2D eigenvalue weighted by Gasteiger charge is -2.35. The van der Waals surface area contributed by atoms with Crippen LogP contribution in [0.4, 0.5) is 0 Å². The normalized spacial score (nSPS) is 17.7. The molecule has 0 amide bonds. The molecule has 0 atom stereocenters. The highest BCUT2D eigenvalue weighted by molar-refractivity contribution is 7.85. The maximum Gasteiger partial charge on any atom is 0.101 e. The van der Waals surface area contributed by atoms with E-state index in [2.05, 4.69) is 0 Å². The molecule has 25 heavy (non-hydrogen) atoms. The molecule has 0 saturated carbocycles. The van der Waals surface area contributed by atoms with Gasteiger partial charge in [-0.25, -0.2) is 16.8 Å². The second-order valence-electron chi connectivity index (χ2n) is 6.99. The highest BCUT2D eigenvalue weighted by Crippen LogP contribution is 2.09. The first kappa shape index (κ1) is 22.7. The second-order valence-corrected chi connectivity index (χ2v) is 10.0. The Kier molecular flexibility index (Phi) is 9.23. The predicted molar refractivity (Wildman–Crippen MR) is 90.1 cm³/mol. The Hall–Kier alpha value is -0.300. The lowest BCUT2D eigenvalue weighted by molar-refractivity contribution is -0.927. The average molecular weight is 403 g/mol. The Morgan fingerprint density at radius 1 is 0.880 bits per heavy atom. The first-order valence-electron chi connectivity index (χ1n) is 8.61. The molecule has 0 bridgehead atoms. The predicted octanol–water partition coefficient (Wildman–Crippen LogP) is -2.39. The van der Waals surface area contributed by atoms with Gasteiger partial charge < -0.3 is 23.2 Å². The molecule has 1 N–H and O–H groups in total. The number of quaternary nitrogens is 2. The van der Waals surface area contributed by atoms with Crippen LogP contribution in [0.15, 0.2) is 0 Å². The topological polar surface area (TPSA) is 128 Å². The summed E-state index contributed by atoms with van der Waals surface area (Å²) in [4.78, 5) is 1.46. The molecule has 1 rings (SSSR count). The van der Waals surface area contributed by atoms with Crippen molar-refractivity contribution in [2.45, 2.75) is 19.3 Å². The molecule has 0 aromatic rings. The van der Waals surface area contributed by atoms with Crippen LogP contribution in [-0.2, 0) is 25.0 Å². The Balaban J connectivity index is 2.49. The Morgan fingerprint density at radius 2 is 1.32 bits per heavy atom. The summed E-state index contributed by atoms with van der Waals surface area (Å²) in [6.45, 7) is 6.10. The van der Waals surface area contributed by atoms with E-state index < -0.39 is 31.7 Å². The minimum absolute atomic E-state index is 0.233. The summed E-state index contributed by atoms with van der Waals surface area (Å²) in [5.74, 6) is -0.842. The molecular weight excluding hydrogens is 372 g/mol. The van der Waals surface area contributed by atoms with Gasteiger partial charge in [0, 0.05) is 30.8 Å². The van der Waals surface area contributed by atoms with Gasteiger partial charge in [-0.15, -0.1) is 0 Å². The van der Waals surface area contributed by atoms with Gasteiger partial charge >= 0.3 is 0 Å². The molecular formula is C14H30N2O7S2. The fourth-order valence-corrected chi connectivity index (χ4v) is 4.17. The van der Waals surface area contributed by atoms with Crippen LogP contribution in [0.5, 0.6) is 0 Å². The van der Waals surface area contributed by atoms with E-state index in [-0.39, 0.29) is 12.8 Å². The van der Waals surface area contributed by atoms with Gasteiger partial charge in [-0.3, -0.25) is 0 Å². The van der Waals surface area contributed by atoms with Crippen LogP contribution < -0.4 is 4.90 Å². The van der Waals surface area contributed by atoms with Crippen LogP contribution in [0.25, 0.3) is 0 Å². The molecule has 0 aromatic carbocycles. The van der Waals surface area contributed by atoms with Gasteiger partial charge in [0.2, 0.25) is 0 Å². The molecule has 1 aliphatic heterocycles. The number of hydrogen-bond acceptors (Lipinski definition) is 7. The lowest BCUT2D eigenvalue weighted by Crippen LogP contribution is -3.14. The van der Waals surface area contributed by atoms with E-state index >= 15 is 0 Å². The minimum Gasteiger partial charge on any atom is -0.748 e. The summed E-state index contributed by atoms with van der Waals surface area (Å²) >= 11 is 0. The van der Waals surface area contributed by atoms with Crippen LogP contribution in [0.1, 0.15) is 19.3 Å². The standard InChI is InChI=1S/C14H30N2O7S2/c1-16(9-3-13-24(17,18)19,10-4-14-25(20,21)22)8-2-5-15-6-11-23-12-7-15/h2-14H2,1H3,(H-,17,18,19,20,21,22).